The number of aromatic nitrogens is 1. The van der Waals surface area contributed by atoms with Gasteiger partial charge in [0.2, 0.25) is 0 Å². The van der Waals surface area contributed by atoms with Crippen molar-refractivity contribution >= 4 is 32.3 Å². The van der Waals surface area contributed by atoms with Gasteiger partial charge in [0.05, 0.1) is 18.6 Å². The second-order valence-corrected chi connectivity index (χ2v) is 7.66. The first kappa shape index (κ1) is 14.2. The van der Waals surface area contributed by atoms with Crippen LogP contribution in [-0.4, -0.2) is 55.5 Å². The van der Waals surface area contributed by atoms with E-state index in [1.165, 1.54) is 18.4 Å². The molecule has 1 aromatic heterocycles. The number of anilines is 1. The average molecular weight is 305 g/mol. The maximum Gasteiger partial charge on any atom is 0.324 e. The number of nitrogens with two attached hydrogens (primary N) is 1. The number of hydrogen-bond acceptors (Lipinski definition) is 8. The zero-order valence-electron chi connectivity index (χ0n) is 10.4. The summed E-state index contributed by atoms with van der Waals surface area (Å²) in [6, 6.07) is -0.757. The quantitative estimate of drug-likeness (QED) is 0.751. The smallest absolute Gasteiger partial charge is 0.324 e. The summed E-state index contributed by atoms with van der Waals surface area (Å²) in [7, 11) is -1.93. The number of esters is 1. The number of methoxy groups -OCH3 is 1. The maximum absolute atomic E-state index is 11.7. The van der Waals surface area contributed by atoms with Gasteiger partial charge in [-0.3, -0.25) is 9.69 Å². The van der Waals surface area contributed by atoms with E-state index in [9.17, 15) is 13.2 Å². The number of ether oxygens (including phenoxy) is 1. The maximum atomic E-state index is 11.7. The zero-order chi connectivity index (χ0) is 14.0. The molecule has 7 nitrogen and oxygen atoms in total. The number of thiazole rings is 1. The average Bonchev–Trinajstić information content (AvgIpc) is 2.76. The standard InChI is InChI=1S/C10H15N3O4S2/c1-17-9(14)8-6-19(15,16)3-2-13(8)5-7-4-12-10(11)18-7/h4,8H,2-3,5-6H2,1H3,(H2,11,12)/t8-/m0/s1. The molecule has 0 aliphatic carbocycles. The van der Waals surface area contributed by atoms with Gasteiger partial charge in [0.25, 0.3) is 0 Å². The van der Waals surface area contributed by atoms with Gasteiger partial charge in [0.15, 0.2) is 15.0 Å². The van der Waals surface area contributed by atoms with Crippen molar-refractivity contribution in [3.63, 3.8) is 0 Å². The minimum absolute atomic E-state index is 0.0504. The van der Waals surface area contributed by atoms with Crippen LogP contribution in [0.1, 0.15) is 4.88 Å². The van der Waals surface area contributed by atoms with Crippen molar-refractivity contribution in [3.8, 4) is 0 Å². The van der Waals surface area contributed by atoms with Crippen LogP contribution < -0.4 is 5.73 Å². The molecule has 0 bridgehead atoms. The summed E-state index contributed by atoms with van der Waals surface area (Å²) in [5.41, 5.74) is 5.55. The van der Waals surface area contributed by atoms with E-state index in [4.69, 9.17) is 5.73 Å². The van der Waals surface area contributed by atoms with Crippen LogP contribution in [0, 0.1) is 0 Å². The summed E-state index contributed by atoms with van der Waals surface area (Å²) < 4.78 is 27.9. The Morgan fingerprint density at radius 1 is 1.68 bits per heavy atom. The number of sulfone groups is 1. The Kier molecular flexibility index (Phi) is 4.07. The molecule has 9 heteroatoms. The Morgan fingerprint density at radius 2 is 2.42 bits per heavy atom. The molecule has 0 amide bonds. The molecule has 2 heterocycles. The van der Waals surface area contributed by atoms with Gasteiger partial charge in [-0.25, -0.2) is 13.4 Å². The molecular formula is C10H15N3O4S2. The third kappa shape index (κ3) is 3.43. The highest BCUT2D eigenvalue weighted by Gasteiger charge is 2.36. The molecule has 2 rings (SSSR count). The predicted octanol–water partition coefficient (Wildman–Crippen LogP) is -0.503. The first-order chi connectivity index (χ1) is 8.91. The Balaban J connectivity index is 2.15. The van der Waals surface area contributed by atoms with E-state index in [1.54, 1.807) is 11.1 Å². The van der Waals surface area contributed by atoms with Crippen LogP contribution >= 0.6 is 11.3 Å². The topological polar surface area (TPSA) is 103 Å². The van der Waals surface area contributed by atoms with Gasteiger partial charge >= 0.3 is 5.97 Å². The lowest BCUT2D eigenvalue weighted by molar-refractivity contribution is -0.146. The van der Waals surface area contributed by atoms with Crippen LogP contribution in [-0.2, 0) is 25.9 Å². The second kappa shape index (κ2) is 5.43. The van der Waals surface area contributed by atoms with Gasteiger partial charge in [0.1, 0.15) is 6.04 Å². The molecule has 106 valence electrons. The van der Waals surface area contributed by atoms with Gasteiger partial charge in [-0.2, -0.15) is 0 Å². The summed E-state index contributed by atoms with van der Waals surface area (Å²) in [6.07, 6.45) is 1.64. The minimum Gasteiger partial charge on any atom is -0.468 e. The van der Waals surface area contributed by atoms with Crippen LogP contribution in [0.25, 0.3) is 0 Å². The first-order valence-electron chi connectivity index (χ1n) is 5.64. The number of carbonyl (C=O) groups excluding carboxylic acids is 1. The molecular weight excluding hydrogens is 290 g/mol. The van der Waals surface area contributed by atoms with Gasteiger partial charge in [-0.05, 0) is 0 Å². The van der Waals surface area contributed by atoms with Crippen molar-refractivity contribution in [2.75, 3.05) is 30.9 Å². The monoisotopic (exact) mass is 305 g/mol. The number of hydrogen-bond donors (Lipinski definition) is 1. The minimum atomic E-state index is -3.19. The second-order valence-electron chi connectivity index (χ2n) is 4.29. The summed E-state index contributed by atoms with van der Waals surface area (Å²) in [5, 5.41) is 0.453. The van der Waals surface area contributed by atoms with Gasteiger partial charge in [0, 0.05) is 24.2 Å². The Bertz CT molecular complexity index is 569. The summed E-state index contributed by atoms with van der Waals surface area (Å²) in [6.45, 7) is 0.754. The van der Waals surface area contributed by atoms with Crippen LogP contribution in [0.2, 0.25) is 0 Å². The molecule has 0 unspecified atom stereocenters. The number of rotatable bonds is 3. The van der Waals surface area contributed by atoms with Crippen molar-refractivity contribution in [3.05, 3.63) is 11.1 Å². The highest BCUT2D eigenvalue weighted by atomic mass is 32.2. The Labute approximate surface area is 115 Å². The molecule has 19 heavy (non-hydrogen) atoms. The largest absolute Gasteiger partial charge is 0.468 e. The molecule has 0 saturated carbocycles. The van der Waals surface area contributed by atoms with Crippen LogP contribution in [0.3, 0.4) is 0 Å². The SMILES string of the molecule is COC(=O)[C@@H]1CS(=O)(=O)CCN1Cc1cnc(N)s1. The van der Waals surface area contributed by atoms with E-state index < -0.39 is 21.8 Å². The van der Waals surface area contributed by atoms with Crippen molar-refractivity contribution < 1.29 is 17.9 Å². The van der Waals surface area contributed by atoms with Gasteiger partial charge < -0.3 is 10.5 Å². The molecule has 2 N–H and O–H groups in total. The fourth-order valence-corrected chi connectivity index (χ4v) is 4.20. The van der Waals surface area contributed by atoms with Crippen LogP contribution in [0.15, 0.2) is 6.20 Å². The Hall–Kier alpha value is -1.19. The Morgan fingerprint density at radius 3 is 3.00 bits per heavy atom. The van der Waals surface area contributed by atoms with Gasteiger partial charge in [-0.15, -0.1) is 11.3 Å². The fourth-order valence-electron chi connectivity index (χ4n) is 1.98. The van der Waals surface area contributed by atoms with E-state index in [0.29, 0.717) is 18.2 Å². The van der Waals surface area contributed by atoms with Crippen molar-refractivity contribution in [2.24, 2.45) is 0 Å². The predicted molar refractivity (Wildman–Crippen MR) is 71.4 cm³/mol. The van der Waals surface area contributed by atoms with Crippen molar-refractivity contribution in [1.82, 2.24) is 9.88 Å². The molecule has 1 fully saturated rings. The molecule has 1 atom stereocenters. The van der Waals surface area contributed by atoms with Crippen LogP contribution in [0.5, 0.6) is 0 Å². The molecule has 1 aliphatic rings. The molecule has 0 spiro atoms. The molecule has 1 aromatic rings. The highest BCUT2D eigenvalue weighted by Crippen LogP contribution is 2.21. The van der Waals surface area contributed by atoms with Crippen molar-refractivity contribution in [2.45, 2.75) is 12.6 Å². The normalized spacial score (nSPS) is 23.1. The molecule has 1 aliphatic heterocycles. The van der Waals surface area contributed by atoms with E-state index in [-0.39, 0.29) is 11.5 Å². The van der Waals surface area contributed by atoms with E-state index >= 15 is 0 Å². The fraction of sp³-hybridized carbons (Fsp3) is 0.600. The first-order valence-corrected chi connectivity index (χ1v) is 8.27. The lowest BCUT2D eigenvalue weighted by Gasteiger charge is -2.32. The number of carbonyl (C=O) groups is 1. The molecule has 0 radical (unpaired) electrons. The summed E-state index contributed by atoms with van der Waals surface area (Å²) in [5.74, 6) is -0.677. The lowest BCUT2D eigenvalue weighted by Crippen LogP contribution is -2.52. The number of nitrogens with zero attached hydrogens (tertiary/aromatic N) is 2. The van der Waals surface area contributed by atoms with Gasteiger partial charge in [-0.1, -0.05) is 0 Å². The van der Waals surface area contributed by atoms with E-state index in [1.807, 2.05) is 0 Å². The van der Waals surface area contributed by atoms with Crippen molar-refractivity contribution in [1.29, 1.82) is 0 Å². The lowest BCUT2D eigenvalue weighted by atomic mass is 10.2. The van der Waals surface area contributed by atoms with E-state index in [0.717, 1.165) is 4.88 Å². The van der Waals surface area contributed by atoms with Crippen LogP contribution in [0.4, 0.5) is 5.13 Å². The summed E-state index contributed by atoms with van der Waals surface area (Å²) >= 11 is 1.33. The highest BCUT2D eigenvalue weighted by molar-refractivity contribution is 7.91. The van der Waals surface area contributed by atoms with E-state index in [2.05, 4.69) is 9.72 Å². The third-order valence-electron chi connectivity index (χ3n) is 2.95. The molecule has 1 saturated heterocycles. The zero-order valence-corrected chi connectivity index (χ0v) is 12.0. The molecule has 0 aromatic carbocycles. The summed E-state index contributed by atoms with van der Waals surface area (Å²) in [4.78, 5) is 18.3. The number of nitrogen functional groups attached to an aromatic ring is 1. The third-order valence-corrected chi connectivity index (χ3v) is 5.39.